The molecule has 2 aliphatic carbocycles. The summed E-state index contributed by atoms with van der Waals surface area (Å²) in [5, 5.41) is 3.41. The van der Waals surface area contributed by atoms with Gasteiger partial charge in [-0.3, -0.25) is 0 Å². The molecule has 1 aliphatic heterocycles. The van der Waals surface area contributed by atoms with Gasteiger partial charge in [0.15, 0.2) is 0 Å². The first-order chi connectivity index (χ1) is 19.6. The van der Waals surface area contributed by atoms with Crippen molar-refractivity contribution in [1.29, 1.82) is 0 Å². The molecule has 2 nitrogen and oxygen atoms in total. The smallest absolute Gasteiger partial charge is 0.0729 e. The minimum atomic E-state index is -0.703. The van der Waals surface area contributed by atoms with E-state index in [1.54, 1.807) is 0 Å². The fourth-order valence-corrected chi connectivity index (χ4v) is 6.63. The molecule has 40 heavy (non-hydrogen) atoms. The molecule has 3 atom stereocenters. The molecular weight excluding hydrogens is 484 g/mol. The molecule has 0 radical (unpaired) electrons. The molecule has 2 N–H and O–H groups in total. The van der Waals surface area contributed by atoms with E-state index in [2.05, 4.69) is 146 Å². The molecular formula is C38H38N2. The third-order valence-corrected chi connectivity index (χ3v) is 8.79. The van der Waals surface area contributed by atoms with Crippen molar-refractivity contribution in [2.75, 3.05) is 0 Å². The normalized spacial score (nSPS) is 19.1. The average molecular weight is 523 g/mol. The molecule has 200 valence electrons. The first-order valence-corrected chi connectivity index (χ1v) is 14.5. The maximum absolute atomic E-state index is 7.65. The lowest BCUT2D eigenvalue weighted by atomic mass is 9.72. The van der Waals surface area contributed by atoms with Gasteiger partial charge < -0.3 is 10.3 Å². The second-order valence-corrected chi connectivity index (χ2v) is 11.0. The molecule has 2 aromatic carbocycles. The summed E-state index contributed by atoms with van der Waals surface area (Å²) in [7, 11) is 0. The summed E-state index contributed by atoms with van der Waals surface area (Å²) in [4.78, 5) is 0. The molecule has 2 heterocycles. The van der Waals surface area contributed by atoms with Crippen LogP contribution >= 0.6 is 0 Å². The number of allylic oxidation sites excluding steroid dienone is 13. The van der Waals surface area contributed by atoms with E-state index in [-0.39, 0.29) is 11.8 Å². The Morgan fingerprint density at radius 3 is 2.55 bits per heavy atom. The Morgan fingerprint density at radius 1 is 0.950 bits per heavy atom. The van der Waals surface area contributed by atoms with Gasteiger partial charge in [-0.2, -0.15) is 0 Å². The van der Waals surface area contributed by atoms with E-state index in [4.69, 9.17) is 5.73 Å². The summed E-state index contributed by atoms with van der Waals surface area (Å²) in [5.41, 5.74) is 14.3. The molecule has 0 spiro atoms. The number of nitrogens with two attached hydrogens (primary N) is 1. The van der Waals surface area contributed by atoms with Gasteiger partial charge in [-0.25, -0.2) is 0 Å². The largest absolute Gasteiger partial charge is 0.317 e. The van der Waals surface area contributed by atoms with Crippen LogP contribution in [0.1, 0.15) is 44.2 Å². The van der Waals surface area contributed by atoms with E-state index in [0.717, 1.165) is 41.3 Å². The molecule has 3 aromatic rings. The van der Waals surface area contributed by atoms with Gasteiger partial charge in [-0.15, -0.1) is 0 Å². The van der Waals surface area contributed by atoms with Crippen LogP contribution in [0.4, 0.5) is 0 Å². The zero-order chi connectivity index (χ0) is 27.7. The predicted octanol–water partition coefficient (Wildman–Crippen LogP) is 7.44. The van der Waals surface area contributed by atoms with Crippen LogP contribution in [0.15, 0.2) is 127 Å². The number of fused-ring (bicyclic) bond motifs is 6. The minimum absolute atomic E-state index is 0.0993. The third-order valence-electron chi connectivity index (χ3n) is 8.79. The highest BCUT2D eigenvalue weighted by atomic mass is 15.0. The fraction of sp³-hybridized carbons (Fsp3) is 0.211. The number of nitrogens with zero attached hydrogens (tertiary/aromatic N) is 1. The lowest BCUT2D eigenvalue weighted by Crippen LogP contribution is -2.44. The van der Waals surface area contributed by atoms with Crippen LogP contribution in [-0.4, -0.2) is 4.57 Å². The quantitative estimate of drug-likeness (QED) is 0.306. The van der Waals surface area contributed by atoms with Crippen molar-refractivity contribution in [2.24, 2.45) is 17.6 Å². The number of rotatable bonds is 8. The zero-order valence-corrected chi connectivity index (χ0v) is 23.6. The Kier molecular flexibility index (Phi) is 7.04. The van der Waals surface area contributed by atoms with Crippen LogP contribution in [0.5, 0.6) is 0 Å². The van der Waals surface area contributed by atoms with Crippen molar-refractivity contribution in [3.05, 3.63) is 148 Å². The van der Waals surface area contributed by atoms with Crippen molar-refractivity contribution < 1.29 is 0 Å². The Morgan fingerprint density at radius 2 is 1.80 bits per heavy atom. The van der Waals surface area contributed by atoms with Crippen LogP contribution in [0.3, 0.4) is 0 Å². The Hall–Kier alpha value is -4.14. The van der Waals surface area contributed by atoms with Gasteiger partial charge in [0.2, 0.25) is 0 Å². The van der Waals surface area contributed by atoms with Crippen molar-refractivity contribution in [3.8, 4) is 0 Å². The molecule has 3 aliphatic rings. The summed E-state index contributed by atoms with van der Waals surface area (Å²) in [6.45, 7) is 8.86. The Bertz CT molecular complexity index is 1770. The highest BCUT2D eigenvalue weighted by molar-refractivity contribution is 5.89. The molecule has 0 amide bonds. The van der Waals surface area contributed by atoms with E-state index < -0.39 is 5.54 Å². The van der Waals surface area contributed by atoms with Crippen LogP contribution in [0, 0.1) is 11.8 Å². The molecule has 2 heteroatoms. The number of hydrogen-bond donors (Lipinski definition) is 1. The van der Waals surface area contributed by atoms with E-state index in [9.17, 15) is 0 Å². The van der Waals surface area contributed by atoms with Crippen LogP contribution in [-0.2, 0) is 5.54 Å². The Labute approximate surface area is 237 Å². The summed E-state index contributed by atoms with van der Waals surface area (Å²) in [6, 6.07) is 17.4. The summed E-state index contributed by atoms with van der Waals surface area (Å²) in [5.74, 6) is 0.372. The van der Waals surface area contributed by atoms with Crippen molar-refractivity contribution in [1.82, 2.24) is 4.57 Å². The van der Waals surface area contributed by atoms with Gasteiger partial charge in [-0.1, -0.05) is 128 Å². The van der Waals surface area contributed by atoms with E-state index >= 15 is 0 Å². The van der Waals surface area contributed by atoms with Gasteiger partial charge in [0.1, 0.15) is 0 Å². The molecule has 2 bridgehead atoms. The van der Waals surface area contributed by atoms with E-state index in [1.807, 2.05) is 0 Å². The maximum Gasteiger partial charge on any atom is 0.0729 e. The molecule has 6 rings (SSSR count). The molecule has 0 fully saturated rings. The van der Waals surface area contributed by atoms with Gasteiger partial charge in [-0.05, 0) is 55.0 Å². The van der Waals surface area contributed by atoms with Gasteiger partial charge in [0, 0.05) is 33.5 Å². The molecule has 0 saturated carbocycles. The van der Waals surface area contributed by atoms with Crippen LogP contribution in [0.25, 0.3) is 29.3 Å². The van der Waals surface area contributed by atoms with Crippen LogP contribution in [0.2, 0.25) is 0 Å². The lowest BCUT2D eigenvalue weighted by Gasteiger charge is -2.37. The predicted molar refractivity (Wildman–Crippen MR) is 172 cm³/mol. The zero-order valence-electron chi connectivity index (χ0n) is 23.6. The van der Waals surface area contributed by atoms with Crippen molar-refractivity contribution in [3.63, 3.8) is 0 Å². The lowest BCUT2D eigenvalue weighted by molar-refractivity contribution is 0.382. The topological polar surface area (TPSA) is 30.9 Å². The molecule has 1 aromatic heterocycles. The van der Waals surface area contributed by atoms with E-state index in [1.165, 1.54) is 27.4 Å². The summed E-state index contributed by atoms with van der Waals surface area (Å²) in [6.07, 6.45) is 29.7. The second kappa shape index (κ2) is 10.8. The first kappa shape index (κ1) is 26.1. The highest BCUT2D eigenvalue weighted by Crippen LogP contribution is 2.39. The average Bonchev–Trinajstić information content (AvgIpc) is 3.73. The standard InChI is InChI=1S/C38H38N2/c1-4-13-28(29-14-9-10-15-29)22-23-31(5-2)38(39,32-18-7-6-8-19-32)33-24-25-35-34-20-11-16-30-17-12-21-36(30)40(27(34)3)37(35)26-33/h4,6-14,16,18-26,28,31H,3,5,15,17,39H2,1-2H3/b13-4+,16-11?,23-22-,34-20?. The highest BCUT2D eigenvalue weighted by Gasteiger charge is 2.37. The third kappa shape index (κ3) is 4.33. The van der Waals surface area contributed by atoms with Gasteiger partial charge in [0.05, 0.1) is 11.1 Å². The maximum atomic E-state index is 7.65. The summed E-state index contributed by atoms with van der Waals surface area (Å²) >= 11 is 0. The van der Waals surface area contributed by atoms with Crippen molar-refractivity contribution >= 4 is 29.3 Å². The monoisotopic (exact) mass is 522 g/mol. The number of aromatic nitrogens is 1. The SMILES string of the molecule is C=c1c2c3ccc(C(N)(c4ccccc4)C(/C=C\C(/C=C/C)C4=CC=CC4)CC)cc3n1C1=C(C=CC=2)CC=C1. The first-order valence-electron chi connectivity index (χ1n) is 14.5. The minimum Gasteiger partial charge on any atom is -0.317 e. The van der Waals surface area contributed by atoms with Gasteiger partial charge >= 0.3 is 0 Å². The van der Waals surface area contributed by atoms with Crippen molar-refractivity contribution in [2.45, 2.75) is 38.6 Å². The molecule has 0 saturated heterocycles. The summed E-state index contributed by atoms with van der Waals surface area (Å²) < 4.78 is 2.33. The second-order valence-electron chi connectivity index (χ2n) is 11.0. The number of hydrogen-bond acceptors (Lipinski definition) is 1. The Balaban J connectivity index is 1.53. The van der Waals surface area contributed by atoms with Crippen LogP contribution < -0.4 is 16.3 Å². The number of benzene rings is 2. The molecule has 3 unspecified atom stereocenters. The fourth-order valence-electron chi connectivity index (χ4n) is 6.63. The van der Waals surface area contributed by atoms with E-state index in [0.29, 0.717) is 0 Å². The van der Waals surface area contributed by atoms with Gasteiger partial charge in [0.25, 0.3) is 0 Å².